The number of benzene rings is 1. The molecule has 1 aromatic rings. The van der Waals surface area contributed by atoms with Gasteiger partial charge in [-0.2, -0.15) is 5.26 Å². The summed E-state index contributed by atoms with van der Waals surface area (Å²) in [4.78, 5) is 0. The number of rotatable bonds is 3. The van der Waals surface area contributed by atoms with Crippen LogP contribution in [0.3, 0.4) is 0 Å². The molecule has 1 N–H and O–H groups in total. The van der Waals surface area contributed by atoms with E-state index in [0.717, 1.165) is 5.56 Å². The summed E-state index contributed by atoms with van der Waals surface area (Å²) >= 11 is 0. The van der Waals surface area contributed by atoms with Gasteiger partial charge in [-0.15, -0.1) is 0 Å². The van der Waals surface area contributed by atoms with Gasteiger partial charge in [-0.3, -0.25) is 0 Å². The second kappa shape index (κ2) is 5.33. The molecule has 1 unspecified atom stereocenters. The molecule has 0 spiro atoms. The van der Waals surface area contributed by atoms with E-state index in [2.05, 4.69) is 31.3 Å². The SMILES string of the molecule is CNC(C)/C(C)=C/c1ccc(C#N)cc1. The molecule has 0 bridgehead atoms. The van der Waals surface area contributed by atoms with Gasteiger partial charge in [-0.25, -0.2) is 0 Å². The zero-order valence-electron chi connectivity index (χ0n) is 9.41. The molecule has 78 valence electrons. The first-order valence-electron chi connectivity index (χ1n) is 5.03. The Balaban J connectivity index is 2.85. The van der Waals surface area contributed by atoms with E-state index >= 15 is 0 Å². The lowest BCUT2D eigenvalue weighted by Crippen LogP contribution is -2.21. The standard InChI is InChI=1S/C13H16N2/c1-10(11(2)15-3)8-12-4-6-13(9-14)7-5-12/h4-8,11,15H,1-3H3/b10-8+. The first-order valence-corrected chi connectivity index (χ1v) is 5.03. The molecule has 2 heteroatoms. The summed E-state index contributed by atoms with van der Waals surface area (Å²) in [5.74, 6) is 0. The van der Waals surface area contributed by atoms with Crippen LogP contribution in [0.4, 0.5) is 0 Å². The van der Waals surface area contributed by atoms with Crippen LogP contribution in [0.1, 0.15) is 25.0 Å². The zero-order chi connectivity index (χ0) is 11.3. The molecule has 1 aromatic carbocycles. The van der Waals surface area contributed by atoms with E-state index in [1.54, 1.807) is 0 Å². The lowest BCUT2D eigenvalue weighted by molar-refractivity contribution is 0.696. The van der Waals surface area contributed by atoms with E-state index < -0.39 is 0 Å². The Morgan fingerprint density at radius 2 is 2.00 bits per heavy atom. The Hall–Kier alpha value is -1.59. The molecular formula is C13H16N2. The third kappa shape index (κ3) is 3.23. The van der Waals surface area contributed by atoms with Crippen molar-refractivity contribution in [3.8, 4) is 6.07 Å². The van der Waals surface area contributed by atoms with Crippen molar-refractivity contribution in [2.45, 2.75) is 19.9 Å². The van der Waals surface area contributed by atoms with Crippen molar-refractivity contribution in [3.63, 3.8) is 0 Å². The van der Waals surface area contributed by atoms with Gasteiger partial charge in [0.05, 0.1) is 11.6 Å². The van der Waals surface area contributed by atoms with Crippen molar-refractivity contribution >= 4 is 6.08 Å². The van der Waals surface area contributed by atoms with Gasteiger partial charge in [0, 0.05) is 6.04 Å². The van der Waals surface area contributed by atoms with Crippen molar-refractivity contribution in [1.82, 2.24) is 5.32 Å². The predicted molar refractivity (Wildman–Crippen MR) is 63.3 cm³/mol. The van der Waals surface area contributed by atoms with Gasteiger partial charge < -0.3 is 5.32 Å². The third-order valence-corrected chi connectivity index (χ3v) is 2.55. The van der Waals surface area contributed by atoms with Gasteiger partial charge in [-0.05, 0) is 38.6 Å². The fraction of sp³-hybridized carbons (Fsp3) is 0.308. The first-order chi connectivity index (χ1) is 7.17. The minimum atomic E-state index is 0.376. The van der Waals surface area contributed by atoms with Gasteiger partial charge in [0.2, 0.25) is 0 Å². The largest absolute Gasteiger partial charge is 0.314 e. The molecule has 1 atom stereocenters. The first kappa shape index (κ1) is 11.5. The molecule has 1 rings (SSSR count). The number of nitriles is 1. The molecule has 0 heterocycles. The van der Waals surface area contributed by atoms with Crippen molar-refractivity contribution < 1.29 is 0 Å². The van der Waals surface area contributed by atoms with E-state index in [1.165, 1.54) is 5.57 Å². The topological polar surface area (TPSA) is 35.8 Å². The molecule has 0 aromatic heterocycles. The summed E-state index contributed by atoms with van der Waals surface area (Å²) in [7, 11) is 1.95. The quantitative estimate of drug-likeness (QED) is 0.814. The highest BCUT2D eigenvalue weighted by Gasteiger charge is 1.99. The van der Waals surface area contributed by atoms with E-state index in [-0.39, 0.29) is 0 Å². The lowest BCUT2D eigenvalue weighted by atomic mass is 10.1. The minimum absolute atomic E-state index is 0.376. The van der Waals surface area contributed by atoms with E-state index in [9.17, 15) is 0 Å². The van der Waals surface area contributed by atoms with Gasteiger partial charge in [0.1, 0.15) is 0 Å². The van der Waals surface area contributed by atoms with E-state index in [0.29, 0.717) is 11.6 Å². The number of nitrogens with zero attached hydrogens (tertiary/aromatic N) is 1. The van der Waals surface area contributed by atoms with Crippen LogP contribution in [0.5, 0.6) is 0 Å². The summed E-state index contributed by atoms with van der Waals surface area (Å²) in [5.41, 5.74) is 3.11. The van der Waals surface area contributed by atoms with Crippen LogP contribution < -0.4 is 5.32 Å². The van der Waals surface area contributed by atoms with Crippen molar-refractivity contribution in [2.75, 3.05) is 7.05 Å². The molecular weight excluding hydrogens is 184 g/mol. The van der Waals surface area contributed by atoms with Crippen molar-refractivity contribution in [1.29, 1.82) is 5.26 Å². The molecule has 0 fully saturated rings. The Bertz CT molecular complexity index is 382. The fourth-order valence-corrected chi connectivity index (χ4v) is 1.27. The molecule has 2 nitrogen and oxygen atoms in total. The summed E-state index contributed by atoms with van der Waals surface area (Å²) in [6, 6.07) is 10.1. The average Bonchev–Trinajstić information content (AvgIpc) is 2.29. The minimum Gasteiger partial charge on any atom is -0.314 e. The Kier molecular flexibility index (Phi) is 4.08. The molecule has 0 radical (unpaired) electrons. The monoisotopic (exact) mass is 200 g/mol. The summed E-state index contributed by atoms with van der Waals surface area (Å²) in [6.07, 6.45) is 2.13. The highest BCUT2D eigenvalue weighted by atomic mass is 14.8. The third-order valence-electron chi connectivity index (χ3n) is 2.55. The highest BCUT2D eigenvalue weighted by molar-refractivity contribution is 5.54. The van der Waals surface area contributed by atoms with Crippen LogP contribution in [0.2, 0.25) is 0 Å². The molecule has 15 heavy (non-hydrogen) atoms. The predicted octanol–water partition coefficient (Wildman–Crippen LogP) is 2.57. The molecule has 0 aliphatic heterocycles. The van der Waals surface area contributed by atoms with E-state index in [1.807, 2.05) is 31.3 Å². The average molecular weight is 200 g/mol. The number of hydrogen-bond donors (Lipinski definition) is 1. The molecule has 0 amide bonds. The van der Waals surface area contributed by atoms with Gasteiger partial charge in [0.15, 0.2) is 0 Å². The van der Waals surface area contributed by atoms with E-state index in [4.69, 9.17) is 5.26 Å². The normalized spacial score (nSPS) is 13.3. The lowest BCUT2D eigenvalue weighted by Gasteiger charge is -2.10. The Morgan fingerprint density at radius 3 is 2.47 bits per heavy atom. The second-order valence-corrected chi connectivity index (χ2v) is 3.63. The van der Waals surface area contributed by atoms with Gasteiger partial charge >= 0.3 is 0 Å². The maximum atomic E-state index is 8.66. The van der Waals surface area contributed by atoms with Crippen LogP contribution in [-0.4, -0.2) is 13.1 Å². The Morgan fingerprint density at radius 1 is 1.40 bits per heavy atom. The summed E-state index contributed by atoms with van der Waals surface area (Å²) in [5, 5.41) is 11.8. The number of likely N-dealkylation sites (N-methyl/N-ethyl adjacent to an activating group) is 1. The van der Waals surface area contributed by atoms with Crippen LogP contribution in [0, 0.1) is 11.3 Å². The molecule has 0 saturated heterocycles. The van der Waals surface area contributed by atoms with Crippen LogP contribution in [-0.2, 0) is 0 Å². The van der Waals surface area contributed by atoms with Gasteiger partial charge in [0.25, 0.3) is 0 Å². The van der Waals surface area contributed by atoms with Crippen LogP contribution in [0.25, 0.3) is 6.08 Å². The summed E-state index contributed by atoms with van der Waals surface area (Å²) < 4.78 is 0. The molecule has 0 saturated carbocycles. The van der Waals surface area contributed by atoms with Crippen molar-refractivity contribution in [3.05, 3.63) is 41.0 Å². The number of hydrogen-bond acceptors (Lipinski definition) is 2. The second-order valence-electron chi connectivity index (χ2n) is 3.63. The maximum Gasteiger partial charge on any atom is 0.0991 e. The van der Waals surface area contributed by atoms with Crippen LogP contribution in [0.15, 0.2) is 29.8 Å². The zero-order valence-corrected chi connectivity index (χ0v) is 9.41. The molecule has 0 aliphatic carbocycles. The highest BCUT2D eigenvalue weighted by Crippen LogP contribution is 2.10. The summed E-state index contributed by atoms with van der Waals surface area (Å²) in [6.45, 7) is 4.22. The number of nitrogens with one attached hydrogen (secondary N) is 1. The molecule has 0 aliphatic rings. The smallest absolute Gasteiger partial charge is 0.0991 e. The maximum absolute atomic E-state index is 8.66. The van der Waals surface area contributed by atoms with Gasteiger partial charge in [-0.1, -0.05) is 23.8 Å². The Labute approximate surface area is 91.2 Å². The fourth-order valence-electron chi connectivity index (χ4n) is 1.27. The van der Waals surface area contributed by atoms with Crippen molar-refractivity contribution in [2.24, 2.45) is 0 Å². The van der Waals surface area contributed by atoms with Crippen LogP contribution >= 0.6 is 0 Å².